The van der Waals surface area contributed by atoms with Crippen LogP contribution in [0.25, 0.3) is 0 Å². The van der Waals surface area contributed by atoms with Gasteiger partial charge in [0.25, 0.3) is 0 Å². The lowest BCUT2D eigenvalue weighted by Gasteiger charge is -2.12. The molecule has 5 nitrogen and oxygen atoms in total. The molecule has 0 saturated heterocycles. The first-order valence-electron chi connectivity index (χ1n) is 7.13. The summed E-state index contributed by atoms with van der Waals surface area (Å²) in [5, 5.41) is 6.92. The lowest BCUT2D eigenvalue weighted by Crippen LogP contribution is -2.24. The number of nitrogens with zero attached hydrogens (tertiary/aromatic N) is 3. The molecular weight excluding hydrogens is 309 g/mol. The fourth-order valence-electron chi connectivity index (χ4n) is 2.23. The summed E-state index contributed by atoms with van der Waals surface area (Å²) in [5.41, 5.74) is 0.822. The van der Waals surface area contributed by atoms with Crippen molar-refractivity contribution in [1.82, 2.24) is 20.1 Å². The van der Waals surface area contributed by atoms with E-state index in [1.54, 1.807) is 27.1 Å². The Labute approximate surface area is 132 Å². The van der Waals surface area contributed by atoms with Crippen LogP contribution in [-0.2, 0) is 13.0 Å². The highest BCUT2D eigenvalue weighted by atomic mass is 19.4. The second kappa shape index (κ2) is 6.99. The van der Waals surface area contributed by atoms with Gasteiger partial charge in [0.15, 0.2) is 5.82 Å². The molecule has 126 valence electrons. The minimum Gasteiger partial charge on any atom is -0.496 e. The van der Waals surface area contributed by atoms with E-state index in [0.717, 1.165) is 10.2 Å². The Kier molecular flexibility index (Phi) is 5.25. The lowest BCUT2D eigenvalue weighted by atomic mass is 10.1. The molecule has 1 aromatic heterocycles. The molecule has 8 heteroatoms. The van der Waals surface area contributed by atoms with Crippen LogP contribution >= 0.6 is 0 Å². The van der Waals surface area contributed by atoms with Crippen LogP contribution in [0.4, 0.5) is 13.2 Å². The largest absolute Gasteiger partial charge is 0.496 e. The van der Waals surface area contributed by atoms with E-state index in [1.807, 2.05) is 18.2 Å². The second-order valence-corrected chi connectivity index (χ2v) is 5.16. The smallest absolute Gasteiger partial charge is 0.408 e. The molecule has 1 aromatic carbocycles. The van der Waals surface area contributed by atoms with Crippen molar-refractivity contribution < 1.29 is 17.9 Å². The maximum Gasteiger partial charge on any atom is 0.408 e. The summed E-state index contributed by atoms with van der Waals surface area (Å²) in [6.45, 7) is 0.580. The Hall–Kier alpha value is -2.09. The number of nitrogens with one attached hydrogen (secondary N) is 1. The minimum atomic E-state index is -4.35. The molecule has 2 rings (SSSR count). The first-order valence-corrected chi connectivity index (χ1v) is 7.13. The predicted octanol–water partition coefficient (Wildman–Crippen LogP) is 2.72. The standard InChI is InChI=1S/C15H19F3N4O/c1-10(19-2)14-20-13(21-22(14)9-15(16,17)18)8-11-6-4-5-7-12(11)23-3/h4-7,10,19H,8-9H2,1-3H3/t10-/m0/s1. The van der Waals surface area contributed by atoms with Crippen molar-refractivity contribution in [2.75, 3.05) is 14.2 Å². The van der Waals surface area contributed by atoms with Gasteiger partial charge in [-0.15, -0.1) is 0 Å². The Morgan fingerprint density at radius 1 is 1.30 bits per heavy atom. The molecule has 1 N–H and O–H groups in total. The normalized spacial score (nSPS) is 13.1. The molecule has 0 amide bonds. The topological polar surface area (TPSA) is 52.0 Å². The van der Waals surface area contributed by atoms with Gasteiger partial charge in [-0.25, -0.2) is 9.67 Å². The zero-order chi connectivity index (χ0) is 17.0. The fraction of sp³-hybridized carbons (Fsp3) is 0.467. The van der Waals surface area contributed by atoms with E-state index < -0.39 is 12.7 Å². The molecule has 1 heterocycles. The lowest BCUT2D eigenvalue weighted by molar-refractivity contribution is -0.143. The quantitative estimate of drug-likeness (QED) is 0.886. The van der Waals surface area contributed by atoms with Crippen molar-refractivity contribution in [3.8, 4) is 5.75 Å². The number of halogens is 3. The van der Waals surface area contributed by atoms with Gasteiger partial charge in [-0.2, -0.15) is 18.3 Å². The maximum absolute atomic E-state index is 12.7. The second-order valence-electron chi connectivity index (χ2n) is 5.16. The zero-order valence-corrected chi connectivity index (χ0v) is 13.2. The number of hydrogen-bond donors (Lipinski definition) is 1. The van der Waals surface area contributed by atoms with Gasteiger partial charge < -0.3 is 10.1 Å². The predicted molar refractivity (Wildman–Crippen MR) is 79.4 cm³/mol. The monoisotopic (exact) mass is 328 g/mol. The van der Waals surface area contributed by atoms with Crippen LogP contribution in [0.15, 0.2) is 24.3 Å². The van der Waals surface area contributed by atoms with Crippen LogP contribution in [-0.4, -0.2) is 35.1 Å². The number of benzene rings is 1. The van der Waals surface area contributed by atoms with Crippen molar-refractivity contribution in [3.05, 3.63) is 41.5 Å². The highest BCUT2D eigenvalue weighted by Gasteiger charge is 2.31. The zero-order valence-electron chi connectivity index (χ0n) is 13.2. The summed E-state index contributed by atoms with van der Waals surface area (Å²) < 4.78 is 44.3. The van der Waals surface area contributed by atoms with Gasteiger partial charge in [0.2, 0.25) is 0 Å². The van der Waals surface area contributed by atoms with Gasteiger partial charge in [-0.05, 0) is 20.0 Å². The first-order chi connectivity index (χ1) is 10.8. The van der Waals surface area contributed by atoms with Gasteiger partial charge in [0.1, 0.15) is 18.1 Å². The summed E-state index contributed by atoms with van der Waals surface area (Å²) >= 11 is 0. The molecule has 0 bridgehead atoms. The van der Waals surface area contributed by atoms with Crippen molar-refractivity contribution in [2.45, 2.75) is 32.1 Å². The van der Waals surface area contributed by atoms with Crippen LogP contribution < -0.4 is 10.1 Å². The molecule has 0 aliphatic rings. The number of rotatable bonds is 6. The molecule has 0 radical (unpaired) electrons. The number of alkyl halides is 3. The molecule has 23 heavy (non-hydrogen) atoms. The van der Waals surface area contributed by atoms with Gasteiger partial charge in [-0.3, -0.25) is 0 Å². The van der Waals surface area contributed by atoms with E-state index >= 15 is 0 Å². The van der Waals surface area contributed by atoms with Crippen LogP contribution in [0.2, 0.25) is 0 Å². The molecule has 1 atom stereocenters. The Bertz CT molecular complexity index is 654. The average molecular weight is 328 g/mol. The molecule has 0 aliphatic carbocycles. The fourth-order valence-corrected chi connectivity index (χ4v) is 2.23. The van der Waals surface area contributed by atoms with Crippen LogP contribution in [0, 0.1) is 0 Å². The van der Waals surface area contributed by atoms with Crippen LogP contribution in [0.5, 0.6) is 5.75 Å². The average Bonchev–Trinajstić information content (AvgIpc) is 2.87. The van der Waals surface area contributed by atoms with Crippen molar-refractivity contribution >= 4 is 0 Å². The summed E-state index contributed by atoms with van der Waals surface area (Å²) in [6, 6.07) is 6.95. The van der Waals surface area contributed by atoms with E-state index in [1.165, 1.54) is 0 Å². The van der Waals surface area contributed by atoms with Gasteiger partial charge in [-0.1, -0.05) is 18.2 Å². The number of para-hydroxylation sites is 1. The minimum absolute atomic E-state index is 0.259. The third-order valence-corrected chi connectivity index (χ3v) is 3.43. The third-order valence-electron chi connectivity index (χ3n) is 3.43. The molecule has 2 aromatic rings. The number of aromatic nitrogens is 3. The van der Waals surface area contributed by atoms with E-state index in [2.05, 4.69) is 15.4 Å². The first kappa shape index (κ1) is 17.3. The van der Waals surface area contributed by atoms with Crippen molar-refractivity contribution in [2.24, 2.45) is 0 Å². The molecule has 0 spiro atoms. The van der Waals surface area contributed by atoms with Gasteiger partial charge in [0, 0.05) is 12.0 Å². The summed E-state index contributed by atoms with van der Waals surface area (Å²) in [5.74, 6) is 1.24. The summed E-state index contributed by atoms with van der Waals surface area (Å²) in [7, 11) is 3.21. The summed E-state index contributed by atoms with van der Waals surface area (Å²) in [4.78, 5) is 4.27. The van der Waals surface area contributed by atoms with Crippen molar-refractivity contribution in [1.29, 1.82) is 0 Å². The van der Waals surface area contributed by atoms with Crippen LogP contribution in [0.1, 0.15) is 30.2 Å². The maximum atomic E-state index is 12.7. The Morgan fingerprint density at radius 3 is 2.61 bits per heavy atom. The van der Waals surface area contributed by atoms with Gasteiger partial charge in [0.05, 0.1) is 13.2 Å². The Balaban J connectivity index is 2.32. The number of hydrogen-bond acceptors (Lipinski definition) is 4. The van der Waals surface area contributed by atoms with Crippen LogP contribution in [0.3, 0.4) is 0 Å². The van der Waals surface area contributed by atoms with Gasteiger partial charge >= 0.3 is 6.18 Å². The summed E-state index contributed by atoms with van der Waals surface area (Å²) in [6.07, 6.45) is -4.05. The van der Waals surface area contributed by atoms with E-state index in [4.69, 9.17) is 4.74 Å². The highest BCUT2D eigenvalue weighted by Crippen LogP contribution is 2.23. The number of methoxy groups -OCH3 is 1. The van der Waals surface area contributed by atoms with E-state index in [9.17, 15) is 13.2 Å². The number of ether oxygens (including phenoxy) is 1. The highest BCUT2D eigenvalue weighted by molar-refractivity contribution is 5.35. The molecule has 0 unspecified atom stereocenters. The third kappa shape index (κ3) is 4.44. The van der Waals surface area contributed by atoms with Crippen molar-refractivity contribution in [3.63, 3.8) is 0 Å². The van der Waals surface area contributed by atoms with E-state index in [0.29, 0.717) is 18.0 Å². The molecule has 0 aliphatic heterocycles. The molecular formula is C15H19F3N4O. The molecule has 0 fully saturated rings. The molecule has 0 saturated carbocycles. The van der Waals surface area contributed by atoms with E-state index in [-0.39, 0.29) is 11.9 Å². The Morgan fingerprint density at radius 2 is 2.00 bits per heavy atom. The SMILES string of the molecule is CN[C@@H](C)c1nc(Cc2ccccc2OC)nn1CC(F)(F)F.